The number of piperidine rings is 3. The van der Waals surface area contributed by atoms with Crippen molar-refractivity contribution in [1.29, 1.82) is 0 Å². The lowest BCUT2D eigenvalue weighted by molar-refractivity contribution is -0.00875. The van der Waals surface area contributed by atoms with Crippen LogP contribution < -0.4 is 0 Å². The number of fused-ring (bicyclic) bond motifs is 3. The van der Waals surface area contributed by atoms with Crippen molar-refractivity contribution in [3.8, 4) is 0 Å². The average molecular weight is 230 g/mol. The Morgan fingerprint density at radius 2 is 2.24 bits per heavy atom. The van der Waals surface area contributed by atoms with Gasteiger partial charge in [-0.3, -0.25) is 4.98 Å². The summed E-state index contributed by atoms with van der Waals surface area (Å²) in [6.07, 6.45) is 8.75. The maximum absolute atomic E-state index is 5.68. The van der Waals surface area contributed by atoms with Crippen LogP contribution in [0.3, 0.4) is 0 Å². The van der Waals surface area contributed by atoms with E-state index in [4.69, 9.17) is 4.74 Å². The Morgan fingerprint density at radius 1 is 1.41 bits per heavy atom. The van der Waals surface area contributed by atoms with Crippen LogP contribution in [-0.4, -0.2) is 36.2 Å². The van der Waals surface area contributed by atoms with E-state index in [1.807, 2.05) is 25.6 Å². The maximum Gasteiger partial charge on any atom is 0.0996 e. The Kier molecular flexibility index (Phi) is 2.85. The first-order valence-electron chi connectivity index (χ1n) is 6.28. The first kappa shape index (κ1) is 10.8. The highest BCUT2D eigenvalue weighted by Gasteiger charge is 2.37. The molecule has 3 fully saturated rings. The van der Waals surface area contributed by atoms with Crippen molar-refractivity contribution in [3.05, 3.63) is 35.8 Å². The van der Waals surface area contributed by atoms with Gasteiger partial charge in [0.2, 0.25) is 0 Å². The molecule has 0 radical (unpaired) electrons. The molecule has 0 amide bonds. The van der Waals surface area contributed by atoms with E-state index in [-0.39, 0.29) is 6.10 Å². The summed E-state index contributed by atoms with van der Waals surface area (Å²) in [6.45, 7) is 2.35. The molecular formula is C14H18N2O. The van der Waals surface area contributed by atoms with Crippen molar-refractivity contribution in [2.75, 3.05) is 20.2 Å². The van der Waals surface area contributed by atoms with Crippen molar-refractivity contribution >= 4 is 6.08 Å². The summed E-state index contributed by atoms with van der Waals surface area (Å²) in [5, 5.41) is 0. The SMILES string of the molecule is COC1/C(=C/c2cccnc2)N2CCC1CC2. The van der Waals surface area contributed by atoms with E-state index in [0.717, 1.165) is 5.56 Å². The Balaban J connectivity index is 1.92. The van der Waals surface area contributed by atoms with Crippen LogP contribution in [0.15, 0.2) is 30.2 Å². The summed E-state index contributed by atoms with van der Waals surface area (Å²) in [4.78, 5) is 6.62. The minimum atomic E-state index is 0.276. The third-order valence-electron chi connectivity index (χ3n) is 3.88. The molecular weight excluding hydrogens is 212 g/mol. The van der Waals surface area contributed by atoms with Crippen molar-refractivity contribution in [2.24, 2.45) is 5.92 Å². The normalized spacial score (nSPS) is 29.9. The molecule has 3 heteroatoms. The number of methoxy groups -OCH3 is 1. The fourth-order valence-corrected chi connectivity index (χ4v) is 3.00. The molecule has 1 aromatic rings. The molecule has 0 aliphatic carbocycles. The molecule has 3 aliphatic rings. The largest absolute Gasteiger partial charge is 0.375 e. The van der Waals surface area contributed by atoms with Gasteiger partial charge in [0.15, 0.2) is 0 Å². The van der Waals surface area contributed by atoms with Crippen LogP contribution >= 0.6 is 0 Å². The van der Waals surface area contributed by atoms with Gasteiger partial charge in [0.25, 0.3) is 0 Å². The van der Waals surface area contributed by atoms with Crippen molar-refractivity contribution < 1.29 is 4.74 Å². The highest BCUT2D eigenvalue weighted by atomic mass is 16.5. The summed E-state index contributed by atoms with van der Waals surface area (Å²) in [7, 11) is 1.82. The fraction of sp³-hybridized carbons (Fsp3) is 0.500. The van der Waals surface area contributed by atoms with Crippen molar-refractivity contribution in [2.45, 2.75) is 18.9 Å². The predicted molar refractivity (Wildman–Crippen MR) is 67.3 cm³/mol. The van der Waals surface area contributed by atoms with E-state index >= 15 is 0 Å². The second-order valence-corrected chi connectivity index (χ2v) is 4.84. The molecule has 4 heterocycles. The maximum atomic E-state index is 5.68. The summed E-state index contributed by atoms with van der Waals surface area (Å²) in [5.41, 5.74) is 2.50. The lowest BCUT2D eigenvalue weighted by Gasteiger charge is -2.47. The quantitative estimate of drug-likeness (QED) is 0.778. The van der Waals surface area contributed by atoms with Gasteiger partial charge in [0.1, 0.15) is 0 Å². The zero-order chi connectivity index (χ0) is 11.7. The molecule has 0 N–H and O–H groups in total. The first-order chi connectivity index (χ1) is 8.38. The van der Waals surface area contributed by atoms with Crippen molar-refractivity contribution in [1.82, 2.24) is 9.88 Å². The number of rotatable bonds is 2. The molecule has 2 bridgehead atoms. The van der Waals surface area contributed by atoms with Crippen LogP contribution in [0.25, 0.3) is 6.08 Å². The second kappa shape index (κ2) is 4.49. The van der Waals surface area contributed by atoms with Gasteiger partial charge in [-0.15, -0.1) is 0 Å². The Labute approximate surface area is 102 Å². The number of ether oxygens (including phenoxy) is 1. The van der Waals surface area contributed by atoms with Gasteiger partial charge < -0.3 is 9.64 Å². The van der Waals surface area contributed by atoms with E-state index in [0.29, 0.717) is 5.92 Å². The van der Waals surface area contributed by atoms with E-state index < -0.39 is 0 Å². The number of aromatic nitrogens is 1. The molecule has 1 atom stereocenters. The smallest absolute Gasteiger partial charge is 0.0996 e. The van der Waals surface area contributed by atoms with Crippen molar-refractivity contribution in [3.63, 3.8) is 0 Å². The number of hydrogen-bond donors (Lipinski definition) is 0. The van der Waals surface area contributed by atoms with Gasteiger partial charge in [0, 0.05) is 38.3 Å². The Bertz CT molecular complexity index is 407. The highest BCUT2D eigenvalue weighted by molar-refractivity contribution is 5.53. The Morgan fingerprint density at radius 3 is 2.88 bits per heavy atom. The molecule has 4 rings (SSSR count). The first-order valence-corrected chi connectivity index (χ1v) is 6.28. The number of hydrogen-bond acceptors (Lipinski definition) is 3. The monoisotopic (exact) mass is 230 g/mol. The molecule has 0 aromatic carbocycles. The van der Waals surface area contributed by atoms with Gasteiger partial charge >= 0.3 is 0 Å². The Hall–Kier alpha value is -1.35. The highest BCUT2D eigenvalue weighted by Crippen LogP contribution is 2.37. The van der Waals surface area contributed by atoms with Gasteiger partial charge in [-0.25, -0.2) is 0 Å². The van der Waals surface area contributed by atoms with Crippen LogP contribution in [-0.2, 0) is 4.74 Å². The molecule has 3 saturated heterocycles. The molecule has 0 spiro atoms. The van der Waals surface area contributed by atoms with E-state index in [9.17, 15) is 0 Å². The van der Waals surface area contributed by atoms with Crippen LogP contribution in [0.4, 0.5) is 0 Å². The van der Waals surface area contributed by atoms with Gasteiger partial charge in [-0.2, -0.15) is 0 Å². The molecule has 1 unspecified atom stereocenters. The molecule has 90 valence electrons. The summed E-state index contributed by atoms with van der Waals surface area (Å²) in [5.74, 6) is 0.702. The third kappa shape index (κ3) is 1.95. The number of nitrogens with zero attached hydrogens (tertiary/aromatic N) is 2. The van der Waals surface area contributed by atoms with Gasteiger partial charge in [-0.05, 0) is 36.5 Å². The summed E-state index contributed by atoms with van der Waals surface area (Å²) >= 11 is 0. The van der Waals surface area contributed by atoms with E-state index in [2.05, 4.69) is 22.0 Å². The summed E-state index contributed by atoms with van der Waals surface area (Å²) in [6, 6.07) is 4.07. The van der Waals surface area contributed by atoms with Crippen LogP contribution in [0, 0.1) is 5.92 Å². The molecule has 3 nitrogen and oxygen atoms in total. The van der Waals surface area contributed by atoms with Crippen LogP contribution in [0.1, 0.15) is 18.4 Å². The minimum absolute atomic E-state index is 0.276. The standard InChI is InChI=1S/C14H18N2O/c1-17-14-12-4-7-16(8-5-12)13(14)9-11-3-2-6-15-10-11/h2-3,6,9-10,12,14H,4-5,7-8H2,1H3/b13-9-. The van der Waals surface area contributed by atoms with Crippen LogP contribution in [0.5, 0.6) is 0 Å². The average Bonchev–Trinajstić information content (AvgIpc) is 2.41. The lowest BCUT2D eigenvalue weighted by atomic mass is 9.83. The lowest BCUT2D eigenvalue weighted by Crippen LogP contribution is -2.49. The van der Waals surface area contributed by atoms with E-state index in [1.165, 1.54) is 31.6 Å². The fourth-order valence-electron chi connectivity index (χ4n) is 3.00. The molecule has 1 aromatic heterocycles. The molecule has 3 aliphatic heterocycles. The minimum Gasteiger partial charge on any atom is -0.375 e. The molecule has 0 saturated carbocycles. The molecule has 17 heavy (non-hydrogen) atoms. The summed E-state index contributed by atoms with van der Waals surface area (Å²) < 4.78 is 5.68. The second-order valence-electron chi connectivity index (χ2n) is 4.84. The zero-order valence-electron chi connectivity index (χ0n) is 10.2. The predicted octanol–water partition coefficient (Wildman–Crippen LogP) is 2.16. The van der Waals surface area contributed by atoms with Gasteiger partial charge in [0.05, 0.1) is 6.10 Å². The van der Waals surface area contributed by atoms with Gasteiger partial charge in [-0.1, -0.05) is 6.07 Å². The topological polar surface area (TPSA) is 25.4 Å². The third-order valence-corrected chi connectivity index (χ3v) is 3.88. The van der Waals surface area contributed by atoms with E-state index in [1.54, 1.807) is 0 Å². The zero-order valence-corrected chi connectivity index (χ0v) is 10.2. The van der Waals surface area contributed by atoms with Crippen LogP contribution in [0.2, 0.25) is 0 Å². The number of pyridine rings is 1.